The SMILES string of the molecule is [N-]=[N+]=Nc1cccc(NC(=O)CBr)c1. The Bertz CT molecular complexity index is 387. The van der Waals surface area contributed by atoms with E-state index in [2.05, 4.69) is 31.3 Å². The summed E-state index contributed by atoms with van der Waals surface area (Å²) < 4.78 is 0. The monoisotopic (exact) mass is 254 g/mol. The first kappa shape index (κ1) is 10.6. The molecule has 1 aromatic carbocycles. The number of anilines is 1. The Morgan fingerprint density at radius 2 is 2.43 bits per heavy atom. The highest BCUT2D eigenvalue weighted by Gasteiger charge is 1.99. The number of hydrogen-bond acceptors (Lipinski definition) is 2. The number of carbonyl (C=O) groups excluding carboxylic acids is 1. The van der Waals surface area contributed by atoms with Gasteiger partial charge in [-0.1, -0.05) is 33.2 Å². The molecule has 0 atom stereocenters. The van der Waals surface area contributed by atoms with Crippen LogP contribution in [0.1, 0.15) is 0 Å². The van der Waals surface area contributed by atoms with Crippen LogP contribution in [0.2, 0.25) is 0 Å². The molecule has 0 saturated heterocycles. The average Bonchev–Trinajstić information content (AvgIpc) is 2.19. The van der Waals surface area contributed by atoms with Crippen LogP contribution in [0.3, 0.4) is 0 Å². The Labute approximate surface area is 88.9 Å². The highest BCUT2D eigenvalue weighted by atomic mass is 79.9. The number of benzene rings is 1. The van der Waals surface area contributed by atoms with Crippen LogP contribution >= 0.6 is 15.9 Å². The van der Waals surface area contributed by atoms with Gasteiger partial charge in [0, 0.05) is 16.3 Å². The number of carbonyl (C=O) groups is 1. The summed E-state index contributed by atoms with van der Waals surface area (Å²) in [5, 5.41) is 6.27. The Morgan fingerprint density at radius 3 is 3.07 bits per heavy atom. The molecular formula is C8H7BrN4O. The van der Waals surface area contributed by atoms with Gasteiger partial charge in [0.15, 0.2) is 0 Å². The number of alkyl halides is 1. The molecule has 0 spiro atoms. The highest BCUT2D eigenvalue weighted by Crippen LogP contribution is 2.17. The second-order valence-corrected chi connectivity index (χ2v) is 2.98. The lowest BCUT2D eigenvalue weighted by atomic mass is 10.3. The van der Waals surface area contributed by atoms with Gasteiger partial charge in [0.1, 0.15) is 0 Å². The van der Waals surface area contributed by atoms with Crippen molar-refractivity contribution in [2.45, 2.75) is 0 Å². The van der Waals surface area contributed by atoms with Crippen molar-refractivity contribution >= 4 is 33.2 Å². The van der Waals surface area contributed by atoms with Crippen LogP contribution in [0.5, 0.6) is 0 Å². The zero-order valence-corrected chi connectivity index (χ0v) is 8.73. The molecular weight excluding hydrogens is 248 g/mol. The van der Waals surface area contributed by atoms with E-state index in [1.807, 2.05) is 0 Å². The van der Waals surface area contributed by atoms with Crippen LogP contribution in [0.15, 0.2) is 29.4 Å². The molecule has 0 bridgehead atoms. The Kier molecular flexibility index (Phi) is 3.97. The van der Waals surface area contributed by atoms with Crippen molar-refractivity contribution in [2.24, 2.45) is 5.11 Å². The molecule has 6 heteroatoms. The second kappa shape index (κ2) is 5.26. The Balaban J connectivity index is 2.83. The molecule has 1 N–H and O–H groups in total. The summed E-state index contributed by atoms with van der Waals surface area (Å²) in [7, 11) is 0. The fourth-order valence-corrected chi connectivity index (χ4v) is 1.03. The number of halogens is 1. The van der Waals surface area contributed by atoms with Crippen LogP contribution in [-0.2, 0) is 4.79 Å². The van der Waals surface area contributed by atoms with Gasteiger partial charge >= 0.3 is 0 Å². The minimum atomic E-state index is -0.150. The number of nitrogens with zero attached hydrogens (tertiary/aromatic N) is 3. The first-order valence-electron chi connectivity index (χ1n) is 3.77. The Hall–Kier alpha value is -1.52. The van der Waals surface area contributed by atoms with Gasteiger partial charge in [-0.15, -0.1) is 0 Å². The minimum Gasteiger partial charge on any atom is -0.325 e. The van der Waals surface area contributed by atoms with Gasteiger partial charge < -0.3 is 5.32 Å². The van der Waals surface area contributed by atoms with E-state index in [0.29, 0.717) is 11.4 Å². The van der Waals surface area contributed by atoms with E-state index in [0.717, 1.165) is 0 Å². The van der Waals surface area contributed by atoms with Crippen LogP contribution < -0.4 is 5.32 Å². The predicted molar refractivity (Wildman–Crippen MR) is 57.7 cm³/mol. The number of nitrogens with one attached hydrogen (secondary N) is 1. The van der Waals surface area contributed by atoms with Gasteiger partial charge in [-0.05, 0) is 17.7 Å². The molecule has 0 fully saturated rings. The normalized spacial score (nSPS) is 8.93. The molecule has 5 nitrogen and oxygen atoms in total. The van der Waals surface area contributed by atoms with Crippen molar-refractivity contribution in [1.82, 2.24) is 0 Å². The largest absolute Gasteiger partial charge is 0.325 e. The molecule has 72 valence electrons. The van der Waals surface area contributed by atoms with Crippen LogP contribution in [-0.4, -0.2) is 11.2 Å². The minimum absolute atomic E-state index is 0.150. The topological polar surface area (TPSA) is 77.9 Å². The summed E-state index contributed by atoms with van der Waals surface area (Å²) in [6.07, 6.45) is 0. The lowest BCUT2D eigenvalue weighted by Gasteiger charge is -2.02. The van der Waals surface area contributed by atoms with E-state index in [4.69, 9.17) is 5.53 Å². The maximum absolute atomic E-state index is 11.0. The summed E-state index contributed by atoms with van der Waals surface area (Å²) >= 11 is 3.03. The lowest BCUT2D eigenvalue weighted by molar-refractivity contribution is -0.113. The fraction of sp³-hybridized carbons (Fsp3) is 0.125. The van der Waals surface area contributed by atoms with Crippen LogP contribution in [0, 0.1) is 0 Å². The highest BCUT2D eigenvalue weighted by molar-refractivity contribution is 9.09. The van der Waals surface area contributed by atoms with Crippen molar-refractivity contribution in [3.8, 4) is 0 Å². The van der Waals surface area contributed by atoms with E-state index in [-0.39, 0.29) is 11.2 Å². The quantitative estimate of drug-likeness (QED) is 0.383. The van der Waals surface area contributed by atoms with E-state index < -0.39 is 0 Å². The molecule has 1 amide bonds. The van der Waals surface area contributed by atoms with E-state index in [1.54, 1.807) is 24.3 Å². The van der Waals surface area contributed by atoms with Gasteiger partial charge in [0.25, 0.3) is 0 Å². The number of amides is 1. The molecule has 0 aliphatic rings. The van der Waals surface area contributed by atoms with Gasteiger partial charge in [-0.2, -0.15) is 0 Å². The van der Waals surface area contributed by atoms with E-state index >= 15 is 0 Å². The molecule has 1 rings (SSSR count). The van der Waals surface area contributed by atoms with Crippen molar-refractivity contribution in [2.75, 3.05) is 10.6 Å². The molecule has 0 saturated carbocycles. The van der Waals surface area contributed by atoms with Crippen molar-refractivity contribution in [1.29, 1.82) is 0 Å². The van der Waals surface area contributed by atoms with E-state index in [1.165, 1.54) is 0 Å². The summed E-state index contributed by atoms with van der Waals surface area (Å²) in [6.45, 7) is 0. The van der Waals surface area contributed by atoms with Gasteiger partial charge in [0.2, 0.25) is 5.91 Å². The standard InChI is InChI=1S/C8H7BrN4O/c9-5-8(14)11-6-2-1-3-7(4-6)12-13-10/h1-4H,5H2,(H,11,14). The maximum atomic E-state index is 11.0. The number of hydrogen-bond donors (Lipinski definition) is 1. The Morgan fingerprint density at radius 1 is 1.64 bits per heavy atom. The first-order valence-corrected chi connectivity index (χ1v) is 4.89. The lowest BCUT2D eigenvalue weighted by Crippen LogP contribution is -2.11. The fourth-order valence-electron chi connectivity index (χ4n) is 0.892. The average molecular weight is 255 g/mol. The summed E-state index contributed by atoms with van der Waals surface area (Å²) in [5.74, 6) is -0.150. The number of azide groups is 1. The third-order valence-corrected chi connectivity index (χ3v) is 1.92. The van der Waals surface area contributed by atoms with Crippen LogP contribution in [0.25, 0.3) is 10.4 Å². The van der Waals surface area contributed by atoms with Crippen LogP contribution in [0.4, 0.5) is 11.4 Å². The molecule has 14 heavy (non-hydrogen) atoms. The van der Waals surface area contributed by atoms with E-state index in [9.17, 15) is 4.79 Å². The zero-order chi connectivity index (χ0) is 10.4. The van der Waals surface area contributed by atoms with Crippen molar-refractivity contribution < 1.29 is 4.79 Å². The second-order valence-electron chi connectivity index (χ2n) is 2.42. The molecule has 0 heterocycles. The molecule has 0 unspecified atom stereocenters. The molecule has 0 aliphatic carbocycles. The first-order chi connectivity index (χ1) is 6.76. The zero-order valence-electron chi connectivity index (χ0n) is 7.14. The maximum Gasteiger partial charge on any atom is 0.235 e. The van der Waals surface area contributed by atoms with Crippen molar-refractivity contribution in [3.63, 3.8) is 0 Å². The smallest absolute Gasteiger partial charge is 0.235 e. The van der Waals surface area contributed by atoms with Gasteiger partial charge in [0.05, 0.1) is 5.33 Å². The van der Waals surface area contributed by atoms with Gasteiger partial charge in [-0.25, -0.2) is 0 Å². The molecule has 0 radical (unpaired) electrons. The summed E-state index contributed by atoms with van der Waals surface area (Å²) in [4.78, 5) is 13.6. The summed E-state index contributed by atoms with van der Waals surface area (Å²) in [5.41, 5.74) is 9.28. The van der Waals surface area contributed by atoms with Gasteiger partial charge in [-0.3, -0.25) is 4.79 Å². The molecule has 0 aromatic heterocycles. The molecule has 1 aromatic rings. The third kappa shape index (κ3) is 3.08. The third-order valence-electron chi connectivity index (χ3n) is 1.41. The predicted octanol–water partition coefficient (Wildman–Crippen LogP) is 2.96. The summed E-state index contributed by atoms with van der Waals surface area (Å²) in [6, 6.07) is 6.68. The molecule has 0 aliphatic heterocycles. The van der Waals surface area contributed by atoms with Crippen molar-refractivity contribution in [3.05, 3.63) is 34.7 Å². The number of rotatable bonds is 3.